The average Bonchev–Trinajstić information content (AvgIpc) is 2.88. The fourth-order valence-electron chi connectivity index (χ4n) is 2.30. The number of halogens is 1. The van der Waals surface area contributed by atoms with Gasteiger partial charge in [-0.25, -0.2) is 9.67 Å². The molecule has 1 saturated heterocycles. The predicted octanol–water partition coefficient (Wildman–Crippen LogP) is 3.12. The zero-order valence-electron chi connectivity index (χ0n) is 10.6. The Bertz CT molecular complexity index is 549. The van der Waals surface area contributed by atoms with Crippen molar-refractivity contribution < 1.29 is 4.74 Å². The van der Waals surface area contributed by atoms with Crippen LogP contribution in [0.4, 0.5) is 0 Å². The highest BCUT2D eigenvalue weighted by Gasteiger charge is 2.15. The van der Waals surface area contributed by atoms with Gasteiger partial charge in [0, 0.05) is 15.7 Å². The number of rotatable bonds is 3. The highest BCUT2D eigenvalue weighted by atomic mass is 127. The Morgan fingerprint density at radius 2 is 2.32 bits per heavy atom. The van der Waals surface area contributed by atoms with Gasteiger partial charge in [-0.3, -0.25) is 0 Å². The molecular weight excluding hydrogens is 353 g/mol. The lowest BCUT2D eigenvalue weighted by molar-refractivity contribution is 0.00397. The summed E-state index contributed by atoms with van der Waals surface area (Å²) >= 11 is 2.30. The lowest BCUT2D eigenvalue weighted by Crippen LogP contribution is -2.24. The fraction of sp³-hybridized carbons (Fsp3) is 0.429. The van der Waals surface area contributed by atoms with E-state index in [0.717, 1.165) is 31.0 Å². The first-order valence-corrected chi connectivity index (χ1v) is 7.66. The summed E-state index contributed by atoms with van der Waals surface area (Å²) in [6.07, 6.45) is 5.65. The van der Waals surface area contributed by atoms with Crippen molar-refractivity contribution in [2.75, 3.05) is 6.61 Å². The molecule has 1 aromatic carbocycles. The van der Waals surface area contributed by atoms with Gasteiger partial charge in [0.15, 0.2) is 5.82 Å². The van der Waals surface area contributed by atoms with E-state index in [4.69, 9.17) is 4.74 Å². The molecule has 5 heteroatoms. The van der Waals surface area contributed by atoms with Crippen molar-refractivity contribution in [3.8, 4) is 11.4 Å². The minimum atomic E-state index is 0.291. The third-order valence-electron chi connectivity index (χ3n) is 3.28. The molecule has 3 rings (SSSR count). The monoisotopic (exact) mass is 369 g/mol. The minimum absolute atomic E-state index is 0.291. The van der Waals surface area contributed by atoms with Crippen molar-refractivity contribution in [1.82, 2.24) is 14.8 Å². The molecule has 1 aromatic heterocycles. The summed E-state index contributed by atoms with van der Waals surface area (Å²) < 4.78 is 8.82. The van der Waals surface area contributed by atoms with Gasteiger partial charge in [-0.15, -0.1) is 0 Å². The maximum atomic E-state index is 5.73. The smallest absolute Gasteiger partial charge is 0.181 e. The molecule has 1 atom stereocenters. The molecule has 0 amide bonds. The summed E-state index contributed by atoms with van der Waals surface area (Å²) in [6.45, 7) is 1.68. The Morgan fingerprint density at radius 3 is 3.11 bits per heavy atom. The molecule has 19 heavy (non-hydrogen) atoms. The van der Waals surface area contributed by atoms with E-state index in [0.29, 0.717) is 6.10 Å². The second-order valence-electron chi connectivity index (χ2n) is 4.79. The number of hydrogen-bond acceptors (Lipinski definition) is 3. The van der Waals surface area contributed by atoms with Crippen molar-refractivity contribution >= 4 is 22.6 Å². The lowest BCUT2D eigenvalue weighted by atomic mass is 10.1. The molecule has 2 aromatic rings. The molecule has 2 heterocycles. The van der Waals surface area contributed by atoms with Gasteiger partial charge >= 0.3 is 0 Å². The number of benzene rings is 1. The first kappa shape index (κ1) is 13.1. The highest BCUT2D eigenvalue weighted by Crippen LogP contribution is 2.18. The standard InChI is InChI=1S/C14H16IN3O/c15-12-5-3-4-11(8-12)14-16-10-18(17-14)9-13-6-1-2-7-19-13/h3-5,8,10,13H,1-2,6-7,9H2. The molecule has 1 aliphatic heterocycles. The van der Waals surface area contributed by atoms with Gasteiger partial charge in [-0.05, 0) is 54.0 Å². The van der Waals surface area contributed by atoms with Crippen LogP contribution in [0.2, 0.25) is 0 Å². The van der Waals surface area contributed by atoms with Crippen molar-refractivity contribution in [2.45, 2.75) is 31.9 Å². The Balaban J connectivity index is 1.72. The van der Waals surface area contributed by atoms with Crippen LogP contribution in [-0.4, -0.2) is 27.5 Å². The topological polar surface area (TPSA) is 39.9 Å². The first-order chi connectivity index (χ1) is 9.31. The number of nitrogens with zero attached hydrogens (tertiary/aromatic N) is 3. The zero-order valence-corrected chi connectivity index (χ0v) is 12.8. The molecule has 0 bridgehead atoms. The van der Waals surface area contributed by atoms with Crippen LogP contribution < -0.4 is 0 Å². The SMILES string of the molecule is Ic1cccc(-c2ncn(CC3CCCCO3)n2)c1. The Labute approximate surface area is 126 Å². The molecule has 4 nitrogen and oxygen atoms in total. The largest absolute Gasteiger partial charge is 0.376 e. The van der Waals surface area contributed by atoms with Crippen LogP contribution in [0.25, 0.3) is 11.4 Å². The van der Waals surface area contributed by atoms with Crippen molar-refractivity contribution in [2.24, 2.45) is 0 Å². The van der Waals surface area contributed by atoms with Crippen LogP contribution in [0.5, 0.6) is 0 Å². The minimum Gasteiger partial charge on any atom is -0.376 e. The van der Waals surface area contributed by atoms with Gasteiger partial charge in [-0.1, -0.05) is 12.1 Å². The third-order valence-corrected chi connectivity index (χ3v) is 3.95. The Morgan fingerprint density at radius 1 is 1.37 bits per heavy atom. The zero-order chi connectivity index (χ0) is 13.1. The van der Waals surface area contributed by atoms with Gasteiger partial charge < -0.3 is 4.74 Å². The van der Waals surface area contributed by atoms with Crippen molar-refractivity contribution in [1.29, 1.82) is 0 Å². The van der Waals surface area contributed by atoms with E-state index in [1.54, 1.807) is 6.33 Å². The Hall–Kier alpha value is -0.950. The van der Waals surface area contributed by atoms with Gasteiger partial charge in [0.25, 0.3) is 0 Å². The lowest BCUT2D eigenvalue weighted by Gasteiger charge is -2.21. The van der Waals surface area contributed by atoms with Gasteiger partial charge in [0.2, 0.25) is 0 Å². The predicted molar refractivity (Wildman–Crippen MR) is 81.8 cm³/mol. The van der Waals surface area contributed by atoms with Crippen molar-refractivity contribution in [3.63, 3.8) is 0 Å². The van der Waals surface area contributed by atoms with Crippen LogP contribution in [-0.2, 0) is 11.3 Å². The normalized spacial score (nSPS) is 19.5. The average molecular weight is 369 g/mol. The highest BCUT2D eigenvalue weighted by molar-refractivity contribution is 14.1. The van der Waals surface area contributed by atoms with E-state index in [2.05, 4.69) is 44.8 Å². The molecule has 0 saturated carbocycles. The number of aromatic nitrogens is 3. The molecule has 0 N–H and O–H groups in total. The van der Waals surface area contributed by atoms with E-state index >= 15 is 0 Å². The van der Waals surface area contributed by atoms with Gasteiger partial charge in [-0.2, -0.15) is 5.10 Å². The maximum Gasteiger partial charge on any atom is 0.181 e. The van der Waals surface area contributed by atoms with E-state index < -0.39 is 0 Å². The van der Waals surface area contributed by atoms with E-state index in [1.165, 1.54) is 16.4 Å². The summed E-state index contributed by atoms with van der Waals surface area (Å²) in [5.41, 5.74) is 1.07. The molecule has 100 valence electrons. The molecular formula is C14H16IN3O. The number of hydrogen-bond donors (Lipinski definition) is 0. The molecule has 1 unspecified atom stereocenters. The summed E-state index contributed by atoms with van der Waals surface area (Å²) in [7, 11) is 0. The molecule has 1 fully saturated rings. The molecule has 0 aliphatic carbocycles. The Kier molecular flexibility index (Phi) is 4.12. The van der Waals surface area contributed by atoms with E-state index in [-0.39, 0.29) is 0 Å². The van der Waals surface area contributed by atoms with Crippen LogP contribution >= 0.6 is 22.6 Å². The second kappa shape index (κ2) is 6.00. The number of ether oxygens (including phenoxy) is 1. The van der Waals surface area contributed by atoms with Crippen LogP contribution in [0.15, 0.2) is 30.6 Å². The molecule has 1 aliphatic rings. The van der Waals surface area contributed by atoms with Crippen LogP contribution in [0.3, 0.4) is 0 Å². The van der Waals surface area contributed by atoms with Crippen LogP contribution in [0, 0.1) is 3.57 Å². The fourth-order valence-corrected chi connectivity index (χ4v) is 2.85. The first-order valence-electron chi connectivity index (χ1n) is 6.58. The summed E-state index contributed by atoms with van der Waals surface area (Å²) in [5.74, 6) is 0.786. The molecule has 0 radical (unpaired) electrons. The molecule has 0 spiro atoms. The summed E-state index contributed by atoms with van der Waals surface area (Å²) in [6, 6.07) is 8.23. The summed E-state index contributed by atoms with van der Waals surface area (Å²) in [5, 5.41) is 4.54. The van der Waals surface area contributed by atoms with Crippen LogP contribution in [0.1, 0.15) is 19.3 Å². The van der Waals surface area contributed by atoms with Crippen molar-refractivity contribution in [3.05, 3.63) is 34.2 Å². The second-order valence-corrected chi connectivity index (χ2v) is 6.03. The maximum absolute atomic E-state index is 5.73. The summed E-state index contributed by atoms with van der Waals surface area (Å²) in [4.78, 5) is 4.39. The van der Waals surface area contributed by atoms with E-state index in [1.807, 2.05) is 16.8 Å². The van der Waals surface area contributed by atoms with Gasteiger partial charge in [0.05, 0.1) is 12.6 Å². The van der Waals surface area contributed by atoms with E-state index in [9.17, 15) is 0 Å². The van der Waals surface area contributed by atoms with Gasteiger partial charge in [0.1, 0.15) is 6.33 Å². The third kappa shape index (κ3) is 3.33. The quantitative estimate of drug-likeness (QED) is 0.781.